The smallest absolute Gasteiger partial charge is 0.246 e. The van der Waals surface area contributed by atoms with Gasteiger partial charge in [0.2, 0.25) is 15.9 Å². The van der Waals surface area contributed by atoms with E-state index in [0.29, 0.717) is 31.1 Å². The van der Waals surface area contributed by atoms with Gasteiger partial charge in [0, 0.05) is 18.8 Å². The fraction of sp³-hybridized carbons (Fsp3) is 0.611. The van der Waals surface area contributed by atoms with E-state index < -0.39 is 16.1 Å². The van der Waals surface area contributed by atoms with Gasteiger partial charge in [-0.3, -0.25) is 4.79 Å². The SMILES string of the molecule is CCOc1ccc(NC(=O)[C@@H](N)C(C)C)cc1S(=O)(=O)N1CCCCC1. The van der Waals surface area contributed by atoms with Crippen molar-refractivity contribution in [3.63, 3.8) is 0 Å². The van der Waals surface area contributed by atoms with E-state index >= 15 is 0 Å². The molecule has 0 spiro atoms. The van der Waals surface area contributed by atoms with Crippen LogP contribution in [0.25, 0.3) is 0 Å². The molecule has 3 N–H and O–H groups in total. The Kier molecular flexibility index (Phi) is 7.02. The molecule has 1 saturated heterocycles. The van der Waals surface area contributed by atoms with Crippen molar-refractivity contribution in [3.05, 3.63) is 18.2 Å². The van der Waals surface area contributed by atoms with E-state index in [0.717, 1.165) is 19.3 Å². The number of benzene rings is 1. The lowest BCUT2D eigenvalue weighted by Crippen LogP contribution is -2.39. The summed E-state index contributed by atoms with van der Waals surface area (Å²) in [5, 5.41) is 2.71. The van der Waals surface area contributed by atoms with Gasteiger partial charge in [0.1, 0.15) is 10.6 Å². The maximum atomic E-state index is 13.1. The van der Waals surface area contributed by atoms with Gasteiger partial charge in [-0.2, -0.15) is 4.31 Å². The molecule has 2 rings (SSSR count). The number of rotatable bonds is 7. The number of nitrogens with two attached hydrogens (primary N) is 1. The number of sulfonamides is 1. The minimum atomic E-state index is -3.68. The number of piperidine rings is 1. The zero-order chi connectivity index (χ0) is 19.3. The van der Waals surface area contributed by atoms with Crippen LogP contribution in [0.15, 0.2) is 23.1 Å². The molecule has 8 heteroatoms. The molecular weight excluding hydrogens is 354 g/mol. The third kappa shape index (κ3) is 4.75. The summed E-state index contributed by atoms with van der Waals surface area (Å²) < 4.78 is 33.1. The summed E-state index contributed by atoms with van der Waals surface area (Å²) in [6.07, 6.45) is 2.74. The molecule has 1 aliphatic heterocycles. The third-order valence-corrected chi connectivity index (χ3v) is 6.38. The van der Waals surface area contributed by atoms with Gasteiger partial charge in [-0.1, -0.05) is 20.3 Å². The molecular formula is C18H29N3O4S. The number of carbonyl (C=O) groups excluding carboxylic acids is 1. The van der Waals surface area contributed by atoms with Crippen molar-refractivity contribution in [2.24, 2.45) is 11.7 Å². The van der Waals surface area contributed by atoms with Gasteiger partial charge < -0.3 is 15.8 Å². The van der Waals surface area contributed by atoms with Crippen LogP contribution in [-0.2, 0) is 14.8 Å². The van der Waals surface area contributed by atoms with Crippen molar-refractivity contribution in [2.75, 3.05) is 25.0 Å². The Balaban J connectivity index is 2.34. The van der Waals surface area contributed by atoms with E-state index in [1.54, 1.807) is 19.1 Å². The zero-order valence-electron chi connectivity index (χ0n) is 15.7. The van der Waals surface area contributed by atoms with Crippen LogP contribution in [0.5, 0.6) is 5.75 Å². The van der Waals surface area contributed by atoms with Crippen molar-refractivity contribution in [1.82, 2.24) is 4.31 Å². The van der Waals surface area contributed by atoms with Crippen molar-refractivity contribution in [2.45, 2.75) is 51.0 Å². The molecule has 0 radical (unpaired) electrons. The van der Waals surface area contributed by atoms with Crippen LogP contribution in [0.1, 0.15) is 40.0 Å². The number of hydrogen-bond acceptors (Lipinski definition) is 5. The Morgan fingerprint density at radius 2 is 1.92 bits per heavy atom. The molecule has 1 heterocycles. The molecule has 1 amide bonds. The maximum absolute atomic E-state index is 13.1. The summed E-state index contributed by atoms with van der Waals surface area (Å²) in [6.45, 7) is 6.87. The normalized spacial score (nSPS) is 17.1. The van der Waals surface area contributed by atoms with Crippen LogP contribution in [-0.4, -0.2) is 44.4 Å². The summed E-state index contributed by atoms with van der Waals surface area (Å²) in [5.41, 5.74) is 6.26. The van der Waals surface area contributed by atoms with Crippen LogP contribution >= 0.6 is 0 Å². The van der Waals surface area contributed by atoms with E-state index in [-0.39, 0.29) is 16.7 Å². The number of nitrogens with one attached hydrogen (secondary N) is 1. The molecule has 0 bridgehead atoms. The largest absolute Gasteiger partial charge is 0.492 e. The van der Waals surface area contributed by atoms with Crippen LogP contribution in [0.3, 0.4) is 0 Å². The van der Waals surface area contributed by atoms with E-state index in [1.807, 2.05) is 13.8 Å². The topological polar surface area (TPSA) is 102 Å². The third-order valence-electron chi connectivity index (χ3n) is 4.46. The number of hydrogen-bond donors (Lipinski definition) is 2. The lowest BCUT2D eigenvalue weighted by atomic mass is 10.0. The second kappa shape index (κ2) is 8.83. The quantitative estimate of drug-likeness (QED) is 0.751. The fourth-order valence-corrected chi connectivity index (χ4v) is 4.51. The van der Waals surface area contributed by atoms with E-state index in [1.165, 1.54) is 10.4 Å². The molecule has 146 valence electrons. The highest BCUT2D eigenvalue weighted by Crippen LogP contribution is 2.31. The molecule has 1 atom stereocenters. The predicted molar refractivity (Wildman–Crippen MR) is 102 cm³/mol. The Labute approximate surface area is 155 Å². The van der Waals surface area contributed by atoms with E-state index in [2.05, 4.69) is 5.32 Å². The van der Waals surface area contributed by atoms with Crippen molar-refractivity contribution in [1.29, 1.82) is 0 Å². The highest BCUT2D eigenvalue weighted by Gasteiger charge is 2.29. The van der Waals surface area contributed by atoms with E-state index in [9.17, 15) is 13.2 Å². The molecule has 1 aromatic carbocycles. The number of amides is 1. The molecule has 0 aromatic heterocycles. The molecule has 1 fully saturated rings. The molecule has 26 heavy (non-hydrogen) atoms. The van der Waals surface area contributed by atoms with E-state index in [4.69, 9.17) is 10.5 Å². The number of ether oxygens (including phenoxy) is 1. The summed E-state index contributed by atoms with van der Waals surface area (Å²) in [6, 6.07) is 4.01. The predicted octanol–water partition coefficient (Wildman–Crippen LogP) is 2.18. The second-order valence-corrected chi connectivity index (χ2v) is 8.72. The lowest BCUT2D eigenvalue weighted by molar-refractivity contribution is -0.118. The second-order valence-electron chi connectivity index (χ2n) is 6.82. The first kappa shape index (κ1) is 20.7. The Hall–Kier alpha value is -1.64. The highest BCUT2D eigenvalue weighted by atomic mass is 32.2. The number of nitrogens with zero attached hydrogens (tertiary/aromatic N) is 1. The Morgan fingerprint density at radius 1 is 1.27 bits per heavy atom. The zero-order valence-corrected chi connectivity index (χ0v) is 16.5. The van der Waals surface area contributed by atoms with Crippen molar-refractivity contribution >= 4 is 21.6 Å². The molecule has 1 aliphatic rings. The number of carbonyl (C=O) groups is 1. The van der Waals surface area contributed by atoms with Gasteiger partial charge in [-0.15, -0.1) is 0 Å². The number of anilines is 1. The Morgan fingerprint density at radius 3 is 2.50 bits per heavy atom. The van der Waals surface area contributed by atoms with Gasteiger partial charge in [0.25, 0.3) is 0 Å². The highest BCUT2D eigenvalue weighted by molar-refractivity contribution is 7.89. The van der Waals surface area contributed by atoms with Gasteiger partial charge in [-0.25, -0.2) is 8.42 Å². The maximum Gasteiger partial charge on any atom is 0.246 e. The van der Waals surface area contributed by atoms with Crippen LogP contribution in [0.2, 0.25) is 0 Å². The van der Waals surface area contributed by atoms with Gasteiger partial charge in [-0.05, 0) is 43.9 Å². The lowest BCUT2D eigenvalue weighted by Gasteiger charge is -2.27. The summed E-state index contributed by atoms with van der Waals surface area (Å²) in [5.74, 6) is -0.0658. The molecule has 0 aliphatic carbocycles. The summed E-state index contributed by atoms with van der Waals surface area (Å²) in [7, 11) is -3.68. The van der Waals surface area contributed by atoms with Gasteiger partial charge >= 0.3 is 0 Å². The monoisotopic (exact) mass is 383 g/mol. The average Bonchev–Trinajstić information content (AvgIpc) is 2.63. The van der Waals surface area contributed by atoms with Crippen LogP contribution in [0.4, 0.5) is 5.69 Å². The van der Waals surface area contributed by atoms with Crippen molar-refractivity contribution in [3.8, 4) is 5.75 Å². The fourth-order valence-electron chi connectivity index (χ4n) is 2.83. The molecule has 0 unspecified atom stereocenters. The summed E-state index contributed by atoms with van der Waals surface area (Å²) in [4.78, 5) is 12.3. The Bertz CT molecular complexity index is 728. The van der Waals surface area contributed by atoms with Crippen LogP contribution in [0, 0.1) is 5.92 Å². The molecule has 1 aromatic rings. The first-order valence-corrected chi connectivity index (χ1v) is 10.5. The minimum Gasteiger partial charge on any atom is -0.492 e. The minimum absolute atomic E-state index is 0.0192. The molecule has 7 nitrogen and oxygen atoms in total. The first-order valence-electron chi connectivity index (χ1n) is 9.10. The molecule has 0 saturated carbocycles. The average molecular weight is 384 g/mol. The summed E-state index contributed by atoms with van der Waals surface area (Å²) >= 11 is 0. The van der Waals surface area contributed by atoms with Crippen molar-refractivity contribution < 1.29 is 17.9 Å². The van der Waals surface area contributed by atoms with Gasteiger partial charge in [0.15, 0.2) is 0 Å². The standard InChI is InChI=1S/C18H29N3O4S/c1-4-25-15-9-8-14(20-18(22)17(19)13(2)3)12-16(15)26(23,24)21-10-6-5-7-11-21/h8-9,12-13,17H,4-7,10-11,19H2,1-3H3,(H,20,22)/t17-/m0/s1. The first-order chi connectivity index (χ1) is 12.3. The van der Waals surface area contributed by atoms with Crippen LogP contribution < -0.4 is 15.8 Å². The van der Waals surface area contributed by atoms with Gasteiger partial charge in [0.05, 0.1) is 12.6 Å².